The number of benzene rings is 2. The zero-order chi connectivity index (χ0) is 14.1. The smallest absolute Gasteiger partial charge is 0.162 e. The van der Waals surface area contributed by atoms with Crippen molar-refractivity contribution in [1.82, 2.24) is 0 Å². The highest BCUT2D eigenvalue weighted by Gasteiger charge is 2.17. The van der Waals surface area contributed by atoms with Crippen molar-refractivity contribution in [3.8, 4) is 0 Å². The highest BCUT2D eigenvalue weighted by atomic mass is 79.9. The SMILES string of the molecule is Fc1cccc(CC(Br)c2coc3ccccc23)c1F. The first-order valence-electron chi connectivity index (χ1n) is 6.20. The van der Waals surface area contributed by atoms with Crippen molar-refractivity contribution in [3.63, 3.8) is 0 Å². The molecule has 102 valence electrons. The lowest BCUT2D eigenvalue weighted by atomic mass is 10.0. The van der Waals surface area contributed by atoms with Crippen molar-refractivity contribution in [2.24, 2.45) is 0 Å². The molecule has 2 aromatic carbocycles. The fraction of sp³-hybridized carbons (Fsp3) is 0.125. The van der Waals surface area contributed by atoms with Gasteiger partial charge in [0.1, 0.15) is 5.58 Å². The third-order valence-electron chi connectivity index (χ3n) is 3.28. The molecule has 0 radical (unpaired) electrons. The molecule has 1 atom stereocenters. The van der Waals surface area contributed by atoms with Crippen LogP contribution in [0, 0.1) is 11.6 Å². The second-order valence-electron chi connectivity index (χ2n) is 4.57. The molecule has 0 aliphatic rings. The lowest BCUT2D eigenvalue weighted by Crippen LogP contribution is -1.99. The summed E-state index contributed by atoms with van der Waals surface area (Å²) in [5.41, 5.74) is 2.06. The molecule has 1 unspecified atom stereocenters. The number of rotatable bonds is 3. The van der Waals surface area contributed by atoms with Crippen LogP contribution in [0.2, 0.25) is 0 Å². The summed E-state index contributed by atoms with van der Waals surface area (Å²) in [7, 11) is 0. The molecule has 1 aromatic heterocycles. The minimum absolute atomic E-state index is 0.137. The molecule has 0 aliphatic heterocycles. The molecular weight excluding hydrogens is 326 g/mol. The fourth-order valence-corrected chi connectivity index (χ4v) is 2.95. The molecule has 0 saturated heterocycles. The summed E-state index contributed by atoms with van der Waals surface area (Å²) >= 11 is 3.53. The third-order valence-corrected chi connectivity index (χ3v) is 4.10. The standard InChI is InChI=1S/C16H11BrF2O/c17-13(8-10-4-3-6-14(18)16(10)19)12-9-20-15-7-2-1-5-11(12)15/h1-7,9,13H,8H2. The second-order valence-corrected chi connectivity index (χ2v) is 5.68. The predicted molar refractivity (Wildman–Crippen MR) is 77.9 cm³/mol. The van der Waals surface area contributed by atoms with Crippen molar-refractivity contribution in [2.45, 2.75) is 11.2 Å². The highest BCUT2D eigenvalue weighted by molar-refractivity contribution is 9.09. The van der Waals surface area contributed by atoms with E-state index in [1.165, 1.54) is 6.07 Å². The van der Waals surface area contributed by atoms with Gasteiger partial charge in [-0.3, -0.25) is 0 Å². The van der Waals surface area contributed by atoms with Crippen LogP contribution in [0.4, 0.5) is 8.78 Å². The van der Waals surface area contributed by atoms with Crippen LogP contribution in [0.3, 0.4) is 0 Å². The van der Waals surface area contributed by atoms with E-state index in [1.807, 2.05) is 24.3 Å². The average molecular weight is 337 g/mol. The van der Waals surface area contributed by atoms with E-state index in [-0.39, 0.29) is 4.83 Å². The van der Waals surface area contributed by atoms with E-state index in [0.717, 1.165) is 22.6 Å². The molecular formula is C16H11BrF2O. The number of para-hydroxylation sites is 1. The molecule has 4 heteroatoms. The van der Waals surface area contributed by atoms with Gasteiger partial charge < -0.3 is 4.42 Å². The summed E-state index contributed by atoms with van der Waals surface area (Å²) in [5, 5.41) is 0.978. The second kappa shape index (κ2) is 5.37. The number of fused-ring (bicyclic) bond motifs is 1. The van der Waals surface area contributed by atoms with Crippen molar-refractivity contribution < 1.29 is 13.2 Å². The van der Waals surface area contributed by atoms with E-state index in [4.69, 9.17) is 4.42 Å². The number of hydrogen-bond acceptors (Lipinski definition) is 1. The first kappa shape index (κ1) is 13.3. The maximum Gasteiger partial charge on any atom is 0.162 e. The van der Waals surface area contributed by atoms with Crippen LogP contribution < -0.4 is 0 Å². The number of halogens is 3. The number of hydrogen-bond donors (Lipinski definition) is 0. The van der Waals surface area contributed by atoms with Gasteiger partial charge in [-0.05, 0) is 24.1 Å². The summed E-state index contributed by atoms with van der Waals surface area (Å²) in [4.78, 5) is -0.137. The Morgan fingerprint density at radius 3 is 2.70 bits per heavy atom. The van der Waals surface area contributed by atoms with E-state index < -0.39 is 11.6 Å². The fourth-order valence-electron chi connectivity index (χ4n) is 2.25. The predicted octanol–water partition coefficient (Wildman–Crippen LogP) is 5.39. The summed E-state index contributed by atoms with van der Waals surface area (Å²) in [6.07, 6.45) is 2.01. The Morgan fingerprint density at radius 1 is 1.05 bits per heavy atom. The quantitative estimate of drug-likeness (QED) is 0.584. The molecule has 1 nitrogen and oxygen atoms in total. The van der Waals surface area contributed by atoms with Crippen molar-refractivity contribution >= 4 is 26.9 Å². The Bertz CT molecular complexity index is 751. The van der Waals surface area contributed by atoms with Gasteiger partial charge in [0.15, 0.2) is 11.6 Å². The molecule has 0 bridgehead atoms. The first-order valence-corrected chi connectivity index (χ1v) is 7.11. The minimum Gasteiger partial charge on any atom is -0.464 e. The van der Waals surface area contributed by atoms with E-state index in [9.17, 15) is 8.78 Å². The molecule has 0 amide bonds. The zero-order valence-electron chi connectivity index (χ0n) is 10.4. The van der Waals surface area contributed by atoms with E-state index in [0.29, 0.717) is 12.0 Å². The summed E-state index contributed by atoms with van der Waals surface area (Å²) in [6, 6.07) is 11.9. The van der Waals surface area contributed by atoms with Gasteiger partial charge in [0.2, 0.25) is 0 Å². The van der Waals surface area contributed by atoms with Gasteiger partial charge in [-0.1, -0.05) is 46.3 Å². The summed E-state index contributed by atoms with van der Waals surface area (Å²) < 4.78 is 32.4. The van der Waals surface area contributed by atoms with Gasteiger partial charge in [-0.15, -0.1) is 0 Å². The average Bonchev–Trinajstić information content (AvgIpc) is 2.88. The first-order chi connectivity index (χ1) is 9.66. The Morgan fingerprint density at radius 2 is 1.85 bits per heavy atom. The molecule has 20 heavy (non-hydrogen) atoms. The van der Waals surface area contributed by atoms with E-state index >= 15 is 0 Å². The summed E-state index contributed by atoms with van der Waals surface area (Å²) in [5.74, 6) is -1.61. The van der Waals surface area contributed by atoms with Gasteiger partial charge in [-0.2, -0.15) is 0 Å². The van der Waals surface area contributed by atoms with Crippen LogP contribution in [-0.2, 0) is 6.42 Å². The van der Waals surface area contributed by atoms with Crippen molar-refractivity contribution in [3.05, 3.63) is 71.5 Å². The van der Waals surface area contributed by atoms with Crippen LogP contribution in [0.5, 0.6) is 0 Å². The summed E-state index contributed by atoms with van der Waals surface area (Å²) in [6.45, 7) is 0. The number of alkyl halides is 1. The monoisotopic (exact) mass is 336 g/mol. The van der Waals surface area contributed by atoms with Crippen LogP contribution in [0.25, 0.3) is 11.0 Å². The third kappa shape index (κ3) is 2.36. The Balaban J connectivity index is 1.93. The maximum absolute atomic E-state index is 13.7. The largest absolute Gasteiger partial charge is 0.464 e. The van der Waals surface area contributed by atoms with Crippen LogP contribution >= 0.6 is 15.9 Å². The van der Waals surface area contributed by atoms with Crippen molar-refractivity contribution in [1.29, 1.82) is 0 Å². The normalized spacial score (nSPS) is 12.8. The van der Waals surface area contributed by atoms with Gasteiger partial charge in [0.05, 0.1) is 6.26 Å². The van der Waals surface area contributed by atoms with Gasteiger partial charge in [0, 0.05) is 15.8 Å². The minimum atomic E-state index is -0.820. The molecule has 0 saturated carbocycles. The van der Waals surface area contributed by atoms with Gasteiger partial charge in [0.25, 0.3) is 0 Å². The molecule has 0 aliphatic carbocycles. The van der Waals surface area contributed by atoms with Crippen LogP contribution in [0.1, 0.15) is 16.0 Å². The van der Waals surface area contributed by atoms with E-state index in [2.05, 4.69) is 15.9 Å². The van der Waals surface area contributed by atoms with Gasteiger partial charge >= 0.3 is 0 Å². The molecule has 1 heterocycles. The lowest BCUT2D eigenvalue weighted by molar-refractivity contribution is 0.498. The Labute approximate surface area is 123 Å². The van der Waals surface area contributed by atoms with Gasteiger partial charge in [-0.25, -0.2) is 8.78 Å². The molecule has 3 aromatic rings. The van der Waals surface area contributed by atoms with Crippen LogP contribution in [-0.4, -0.2) is 0 Å². The Hall–Kier alpha value is -1.68. The van der Waals surface area contributed by atoms with E-state index in [1.54, 1.807) is 12.3 Å². The molecule has 3 rings (SSSR count). The lowest BCUT2D eigenvalue weighted by Gasteiger charge is -2.09. The maximum atomic E-state index is 13.7. The zero-order valence-corrected chi connectivity index (χ0v) is 12.0. The van der Waals surface area contributed by atoms with Crippen molar-refractivity contribution in [2.75, 3.05) is 0 Å². The van der Waals surface area contributed by atoms with Crippen LogP contribution in [0.15, 0.2) is 53.1 Å². The highest BCUT2D eigenvalue weighted by Crippen LogP contribution is 2.34. The molecule has 0 N–H and O–H groups in total. The number of furan rings is 1. The molecule has 0 spiro atoms. The topological polar surface area (TPSA) is 13.1 Å². The molecule has 0 fully saturated rings. The Kier molecular flexibility index (Phi) is 3.57.